The third kappa shape index (κ3) is 3.50. The largest absolute Gasteiger partial charge is 0.332 e. The molecule has 118 valence electrons. The van der Waals surface area contributed by atoms with Crippen molar-refractivity contribution in [3.05, 3.63) is 36.2 Å². The molecule has 0 radical (unpaired) electrons. The van der Waals surface area contributed by atoms with Crippen molar-refractivity contribution in [1.29, 1.82) is 0 Å². The van der Waals surface area contributed by atoms with Crippen LogP contribution < -0.4 is 5.32 Å². The van der Waals surface area contributed by atoms with E-state index in [1.807, 2.05) is 0 Å². The SMILES string of the molecule is O=S(=O)(F)c1ccc(-n2cc(CNC3CCCC3)nn2)cc1. The van der Waals surface area contributed by atoms with E-state index in [-0.39, 0.29) is 4.90 Å². The summed E-state index contributed by atoms with van der Waals surface area (Å²) in [6.45, 7) is 0.654. The molecule has 1 aliphatic rings. The Morgan fingerprint density at radius 2 is 1.91 bits per heavy atom. The number of halogens is 1. The molecule has 0 amide bonds. The predicted octanol–water partition coefficient (Wildman–Crippen LogP) is 1.96. The molecule has 3 rings (SSSR count). The highest BCUT2D eigenvalue weighted by atomic mass is 32.3. The van der Waals surface area contributed by atoms with Crippen molar-refractivity contribution >= 4 is 10.2 Å². The van der Waals surface area contributed by atoms with Gasteiger partial charge in [-0.3, -0.25) is 0 Å². The van der Waals surface area contributed by atoms with Gasteiger partial charge in [-0.25, -0.2) is 4.68 Å². The van der Waals surface area contributed by atoms with Crippen molar-refractivity contribution in [1.82, 2.24) is 20.3 Å². The van der Waals surface area contributed by atoms with E-state index in [1.165, 1.54) is 49.9 Å². The molecule has 1 N–H and O–H groups in total. The molecule has 1 saturated carbocycles. The van der Waals surface area contributed by atoms with Gasteiger partial charge in [-0.05, 0) is 37.1 Å². The molecule has 0 aliphatic heterocycles. The molecule has 22 heavy (non-hydrogen) atoms. The summed E-state index contributed by atoms with van der Waals surface area (Å²) >= 11 is 0. The normalized spacial score (nSPS) is 16.2. The Morgan fingerprint density at radius 1 is 1.23 bits per heavy atom. The lowest BCUT2D eigenvalue weighted by molar-refractivity contribution is 0.519. The van der Waals surface area contributed by atoms with Gasteiger partial charge < -0.3 is 5.32 Å². The second kappa shape index (κ2) is 6.13. The minimum Gasteiger partial charge on any atom is -0.308 e. The van der Waals surface area contributed by atoms with Crippen molar-refractivity contribution in [2.45, 2.75) is 43.2 Å². The van der Waals surface area contributed by atoms with E-state index in [2.05, 4.69) is 15.6 Å². The number of aromatic nitrogens is 3. The van der Waals surface area contributed by atoms with Crippen LogP contribution in [0.25, 0.3) is 5.69 Å². The van der Waals surface area contributed by atoms with Crippen molar-refractivity contribution < 1.29 is 12.3 Å². The summed E-state index contributed by atoms with van der Waals surface area (Å²) < 4.78 is 36.0. The van der Waals surface area contributed by atoms with Gasteiger partial charge in [-0.2, -0.15) is 8.42 Å². The highest BCUT2D eigenvalue weighted by Gasteiger charge is 2.15. The molecule has 0 spiro atoms. The van der Waals surface area contributed by atoms with Crippen molar-refractivity contribution in [2.24, 2.45) is 0 Å². The smallest absolute Gasteiger partial charge is 0.308 e. The van der Waals surface area contributed by atoms with E-state index in [4.69, 9.17) is 0 Å². The van der Waals surface area contributed by atoms with Crippen molar-refractivity contribution in [3.63, 3.8) is 0 Å². The fourth-order valence-electron chi connectivity index (χ4n) is 2.65. The fraction of sp³-hybridized carbons (Fsp3) is 0.429. The Morgan fingerprint density at radius 3 is 2.55 bits per heavy atom. The summed E-state index contributed by atoms with van der Waals surface area (Å²) in [6, 6.07) is 5.97. The van der Waals surface area contributed by atoms with Gasteiger partial charge >= 0.3 is 10.2 Å². The summed E-state index contributed by atoms with van der Waals surface area (Å²) in [7, 11) is -4.67. The number of hydrogen-bond donors (Lipinski definition) is 1. The van der Waals surface area contributed by atoms with Crippen LogP contribution in [0.3, 0.4) is 0 Å². The van der Waals surface area contributed by atoms with Gasteiger partial charge in [0, 0.05) is 12.6 Å². The summed E-state index contributed by atoms with van der Waals surface area (Å²) in [5, 5.41) is 11.5. The first-order chi connectivity index (χ1) is 10.5. The minimum absolute atomic E-state index is 0.362. The predicted molar refractivity (Wildman–Crippen MR) is 78.7 cm³/mol. The van der Waals surface area contributed by atoms with Gasteiger partial charge in [-0.1, -0.05) is 18.1 Å². The zero-order valence-corrected chi connectivity index (χ0v) is 12.8. The lowest BCUT2D eigenvalue weighted by atomic mass is 10.2. The van der Waals surface area contributed by atoms with Crippen LogP contribution in [0.4, 0.5) is 3.89 Å². The van der Waals surface area contributed by atoms with Crippen molar-refractivity contribution in [3.8, 4) is 5.69 Å². The first kappa shape index (κ1) is 15.1. The average molecular weight is 324 g/mol. The number of rotatable bonds is 5. The fourth-order valence-corrected chi connectivity index (χ4v) is 3.11. The van der Waals surface area contributed by atoms with Gasteiger partial charge in [0.1, 0.15) is 0 Å². The molecular formula is C14H17FN4O2S. The summed E-state index contributed by atoms with van der Waals surface area (Å²) in [6.07, 6.45) is 6.73. The number of nitrogens with zero attached hydrogens (tertiary/aromatic N) is 3. The quantitative estimate of drug-likeness (QED) is 0.851. The third-order valence-corrected chi connectivity index (χ3v) is 4.69. The Kier molecular flexibility index (Phi) is 4.21. The molecule has 0 atom stereocenters. The highest BCUT2D eigenvalue weighted by Crippen LogP contribution is 2.18. The maximum Gasteiger partial charge on any atom is 0.332 e. The monoisotopic (exact) mass is 324 g/mol. The Labute approximate surface area is 128 Å². The van der Waals surface area contributed by atoms with Gasteiger partial charge in [-0.15, -0.1) is 8.98 Å². The molecule has 1 aromatic heterocycles. The van der Waals surface area contributed by atoms with Crippen LogP contribution in [0.2, 0.25) is 0 Å². The van der Waals surface area contributed by atoms with E-state index >= 15 is 0 Å². The molecule has 2 aromatic rings. The second-order valence-electron chi connectivity index (χ2n) is 5.45. The van der Waals surface area contributed by atoms with Gasteiger partial charge in [0.05, 0.1) is 22.5 Å². The van der Waals surface area contributed by atoms with Crippen LogP contribution in [-0.4, -0.2) is 29.5 Å². The van der Waals surface area contributed by atoms with Crippen LogP contribution in [-0.2, 0) is 16.8 Å². The lowest BCUT2D eigenvalue weighted by Gasteiger charge is -2.09. The van der Waals surface area contributed by atoms with Crippen molar-refractivity contribution in [2.75, 3.05) is 0 Å². The maximum absolute atomic E-state index is 12.8. The molecule has 6 nitrogen and oxygen atoms in total. The molecule has 0 saturated heterocycles. The van der Waals surface area contributed by atoms with Crippen LogP contribution in [0.15, 0.2) is 35.4 Å². The minimum atomic E-state index is -4.67. The van der Waals surface area contributed by atoms with Gasteiger partial charge in [0.2, 0.25) is 0 Å². The second-order valence-corrected chi connectivity index (χ2v) is 6.80. The zero-order chi connectivity index (χ0) is 15.6. The van der Waals surface area contributed by atoms with E-state index in [0.717, 1.165) is 5.69 Å². The molecule has 1 heterocycles. The van der Waals surface area contributed by atoms with Gasteiger partial charge in [0.15, 0.2) is 0 Å². The average Bonchev–Trinajstić information content (AvgIpc) is 3.16. The molecular weight excluding hydrogens is 307 g/mol. The maximum atomic E-state index is 12.8. The Bertz CT molecular complexity index is 736. The first-order valence-corrected chi connectivity index (χ1v) is 8.60. The lowest BCUT2D eigenvalue weighted by Crippen LogP contribution is -2.25. The van der Waals surface area contributed by atoms with E-state index in [0.29, 0.717) is 18.3 Å². The number of benzene rings is 1. The molecule has 1 aromatic carbocycles. The van der Waals surface area contributed by atoms with E-state index < -0.39 is 10.2 Å². The zero-order valence-electron chi connectivity index (χ0n) is 11.9. The Hall–Kier alpha value is -1.80. The first-order valence-electron chi connectivity index (χ1n) is 7.22. The molecule has 0 unspecified atom stereocenters. The van der Waals surface area contributed by atoms with E-state index in [1.54, 1.807) is 10.9 Å². The van der Waals surface area contributed by atoms with Crippen LogP contribution in [0, 0.1) is 0 Å². The van der Waals surface area contributed by atoms with Crippen LogP contribution in [0.1, 0.15) is 31.4 Å². The van der Waals surface area contributed by atoms with E-state index in [9.17, 15) is 12.3 Å². The standard InChI is InChI=1S/C14H17FN4O2S/c15-22(20,21)14-7-5-13(6-8-14)19-10-12(17-18-19)9-16-11-3-1-2-4-11/h5-8,10-11,16H,1-4,9H2. The Balaban J connectivity index is 1.67. The number of nitrogens with one attached hydrogen (secondary N) is 1. The summed E-state index contributed by atoms with van der Waals surface area (Å²) in [5.74, 6) is 0. The highest BCUT2D eigenvalue weighted by molar-refractivity contribution is 7.86. The van der Waals surface area contributed by atoms with Gasteiger partial charge in [0.25, 0.3) is 0 Å². The third-order valence-electron chi connectivity index (χ3n) is 3.85. The molecule has 1 aliphatic carbocycles. The number of hydrogen-bond acceptors (Lipinski definition) is 5. The molecule has 0 bridgehead atoms. The summed E-state index contributed by atoms with van der Waals surface area (Å²) in [5.41, 5.74) is 1.45. The van der Waals surface area contributed by atoms with Crippen LogP contribution in [0.5, 0.6) is 0 Å². The molecule has 8 heteroatoms. The van der Waals surface area contributed by atoms with Crippen LogP contribution >= 0.6 is 0 Å². The topological polar surface area (TPSA) is 76.9 Å². The summed E-state index contributed by atoms with van der Waals surface area (Å²) in [4.78, 5) is -0.362. The molecule has 1 fully saturated rings.